The number of hydrogen-bond donors (Lipinski definition) is 4. The first-order chi connectivity index (χ1) is 8.97. The molecular weight excluding hydrogens is 254 g/mol. The lowest BCUT2D eigenvalue weighted by Gasteiger charge is -2.14. The molecule has 4 N–H and O–H groups in total. The Morgan fingerprint density at radius 1 is 1.32 bits per heavy atom. The summed E-state index contributed by atoms with van der Waals surface area (Å²) in [5.41, 5.74) is 0. The van der Waals surface area contributed by atoms with Gasteiger partial charge in [0.1, 0.15) is 6.04 Å². The molecule has 0 saturated carbocycles. The van der Waals surface area contributed by atoms with E-state index >= 15 is 0 Å². The molecule has 0 aromatic carbocycles. The Labute approximate surface area is 112 Å². The highest BCUT2D eigenvalue weighted by molar-refractivity contribution is 5.82. The first-order valence-corrected chi connectivity index (χ1v) is 6.08. The van der Waals surface area contributed by atoms with Gasteiger partial charge in [-0.25, -0.2) is 9.59 Å². The van der Waals surface area contributed by atoms with Gasteiger partial charge < -0.3 is 30.5 Å². The van der Waals surface area contributed by atoms with Crippen molar-refractivity contribution in [2.45, 2.75) is 12.5 Å². The molecule has 2 amide bonds. The fourth-order valence-electron chi connectivity index (χ4n) is 1.18. The third-order valence-electron chi connectivity index (χ3n) is 2.24. The van der Waals surface area contributed by atoms with E-state index in [0.717, 1.165) is 6.54 Å². The predicted octanol–water partition coefficient (Wildman–Crippen LogP) is -1.30. The second kappa shape index (κ2) is 10.5. The Kier molecular flexibility index (Phi) is 9.77. The summed E-state index contributed by atoms with van der Waals surface area (Å²) in [6, 6.07) is -1.67. The summed E-state index contributed by atoms with van der Waals surface area (Å²) in [6.45, 7) is 1.72. The first kappa shape index (κ1) is 17.6. The highest BCUT2D eigenvalue weighted by atomic mass is 16.5. The predicted molar refractivity (Wildman–Crippen MR) is 69.0 cm³/mol. The van der Waals surface area contributed by atoms with Crippen LogP contribution in [0.5, 0.6) is 0 Å². The second-order valence-corrected chi connectivity index (χ2v) is 4.22. The lowest BCUT2D eigenvalue weighted by Crippen LogP contribution is -2.47. The van der Waals surface area contributed by atoms with E-state index in [-0.39, 0.29) is 13.0 Å². The summed E-state index contributed by atoms with van der Waals surface area (Å²) >= 11 is 0. The van der Waals surface area contributed by atoms with Crippen molar-refractivity contribution in [3.8, 4) is 0 Å². The van der Waals surface area contributed by atoms with Gasteiger partial charge in [-0.2, -0.15) is 0 Å². The number of rotatable bonds is 10. The van der Waals surface area contributed by atoms with Crippen LogP contribution in [-0.4, -0.2) is 80.2 Å². The van der Waals surface area contributed by atoms with Gasteiger partial charge in [0.25, 0.3) is 0 Å². The van der Waals surface area contributed by atoms with Crippen LogP contribution >= 0.6 is 0 Å². The van der Waals surface area contributed by atoms with Crippen LogP contribution in [0.25, 0.3) is 0 Å². The molecule has 0 aromatic heterocycles. The third-order valence-corrected chi connectivity index (χ3v) is 2.24. The van der Waals surface area contributed by atoms with E-state index in [1.807, 2.05) is 19.0 Å². The molecule has 0 bridgehead atoms. The molecule has 1 atom stereocenters. The zero-order valence-electron chi connectivity index (χ0n) is 11.4. The molecule has 0 unspecified atom stereocenters. The van der Waals surface area contributed by atoms with Crippen LogP contribution in [0, 0.1) is 0 Å². The number of likely N-dealkylation sites (N-methyl/N-ethyl adjacent to an activating group) is 1. The summed E-state index contributed by atoms with van der Waals surface area (Å²) in [4.78, 5) is 24.0. The van der Waals surface area contributed by atoms with Crippen molar-refractivity contribution < 1.29 is 24.5 Å². The average molecular weight is 277 g/mol. The van der Waals surface area contributed by atoms with Crippen molar-refractivity contribution in [3.05, 3.63) is 0 Å². The van der Waals surface area contributed by atoms with Gasteiger partial charge in [0.15, 0.2) is 0 Å². The Balaban J connectivity index is 3.65. The van der Waals surface area contributed by atoms with Gasteiger partial charge >= 0.3 is 12.0 Å². The summed E-state index contributed by atoms with van der Waals surface area (Å²) in [6.07, 6.45) is -0.0257. The molecule has 19 heavy (non-hydrogen) atoms. The minimum absolute atomic E-state index is 0.0257. The third kappa shape index (κ3) is 10.2. The topological polar surface area (TPSA) is 111 Å². The van der Waals surface area contributed by atoms with E-state index in [1.54, 1.807) is 0 Å². The maximum absolute atomic E-state index is 11.3. The summed E-state index contributed by atoms with van der Waals surface area (Å²) in [7, 11) is 3.87. The lowest BCUT2D eigenvalue weighted by atomic mass is 10.2. The number of aliphatic carboxylic acids is 1. The first-order valence-electron chi connectivity index (χ1n) is 6.08. The molecule has 8 nitrogen and oxygen atoms in total. The maximum Gasteiger partial charge on any atom is 0.326 e. The van der Waals surface area contributed by atoms with E-state index in [9.17, 15) is 9.59 Å². The number of hydrogen-bond acceptors (Lipinski definition) is 5. The number of carboxylic acid groups (broad SMARTS) is 1. The van der Waals surface area contributed by atoms with Gasteiger partial charge in [0.2, 0.25) is 0 Å². The number of aliphatic hydroxyl groups excluding tert-OH is 1. The molecule has 0 aliphatic rings. The van der Waals surface area contributed by atoms with E-state index in [1.165, 1.54) is 0 Å². The molecule has 0 aliphatic carbocycles. The van der Waals surface area contributed by atoms with E-state index in [4.69, 9.17) is 14.9 Å². The molecule has 0 aliphatic heterocycles. The van der Waals surface area contributed by atoms with Crippen molar-refractivity contribution in [2.24, 2.45) is 0 Å². The number of carbonyl (C=O) groups is 2. The van der Waals surface area contributed by atoms with E-state index in [0.29, 0.717) is 19.8 Å². The van der Waals surface area contributed by atoms with Crippen LogP contribution in [0.15, 0.2) is 0 Å². The quantitative estimate of drug-likeness (QED) is 0.369. The number of nitrogens with zero attached hydrogens (tertiary/aromatic N) is 1. The van der Waals surface area contributed by atoms with Gasteiger partial charge in [-0.3, -0.25) is 0 Å². The smallest absolute Gasteiger partial charge is 0.326 e. The number of carbonyl (C=O) groups excluding carboxylic acids is 1. The SMILES string of the molecule is CN(C)CCOCCNC(=O)N[C@@H](CCO)C(=O)O. The Morgan fingerprint density at radius 2 is 2.00 bits per heavy atom. The number of aliphatic hydroxyl groups is 1. The number of carboxylic acids is 1. The Hall–Kier alpha value is -1.38. The Bertz CT molecular complexity index is 273. The summed E-state index contributed by atoms with van der Waals surface area (Å²) in [5.74, 6) is -1.17. The zero-order chi connectivity index (χ0) is 14.7. The van der Waals surface area contributed by atoms with Crippen LogP contribution in [-0.2, 0) is 9.53 Å². The van der Waals surface area contributed by atoms with Crippen LogP contribution in [0.2, 0.25) is 0 Å². The van der Waals surface area contributed by atoms with Crippen molar-refractivity contribution in [3.63, 3.8) is 0 Å². The molecule has 0 rings (SSSR count). The average Bonchev–Trinajstić information content (AvgIpc) is 2.32. The largest absolute Gasteiger partial charge is 0.480 e. The van der Waals surface area contributed by atoms with Crippen molar-refractivity contribution in [2.75, 3.05) is 47.0 Å². The molecule has 0 fully saturated rings. The molecule has 0 heterocycles. The fourth-order valence-corrected chi connectivity index (χ4v) is 1.18. The maximum atomic E-state index is 11.3. The molecule has 0 radical (unpaired) electrons. The van der Waals surface area contributed by atoms with E-state index < -0.39 is 18.0 Å². The number of nitrogens with one attached hydrogen (secondary N) is 2. The van der Waals surface area contributed by atoms with Gasteiger partial charge in [-0.05, 0) is 14.1 Å². The summed E-state index contributed by atoms with van der Waals surface area (Å²) < 4.78 is 5.25. The van der Waals surface area contributed by atoms with Crippen LogP contribution < -0.4 is 10.6 Å². The minimum atomic E-state index is -1.17. The van der Waals surface area contributed by atoms with Crippen molar-refractivity contribution in [1.82, 2.24) is 15.5 Å². The standard InChI is InChI=1S/C11H23N3O5/c1-14(2)5-8-19-7-4-12-11(18)13-9(3-6-15)10(16)17/h9,15H,3-8H2,1-2H3,(H,16,17)(H2,12,13,18)/t9-/m0/s1. The highest BCUT2D eigenvalue weighted by Crippen LogP contribution is 1.90. The van der Waals surface area contributed by atoms with Gasteiger partial charge in [-0.1, -0.05) is 0 Å². The highest BCUT2D eigenvalue weighted by Gasteiger charge is 2.18. The van der Waals surface area contributed by atoms with Crippen LogP contribution in [0.3, 0.4) is 0 Å². The molecule has 112 valence electrons. The van der Waals surface area contributed by atoms with E-state index in [2.05, 4.69) is 10.6 Å². The number of amides is 2. The molecular formula is C11H23N3O5. The second-order valence-electron chi connectivity index (χ2n) is 4.22. The lowest BCUT2D eigenvalue weighted by molar-refractivity contribution is -0.139. The van der Waals surface area contributed by atoms with Crippen LogP contribution in [0.1, 0.15) is 6.42 Å². The normalized spacial score (nSPS) is 12.2. The molecule has 8 heteroatoms. The minimum Gasteiger partial charge on any atom is -0.480 e. The van der Waals surface area contributed by atoms with Crippen molar-refractivity contribution in [1.29, 1.82) is 0 Å². The molecule has 0 saturated heterocycles. The monoisotopic (exact) mass is 277 g/mol. The Morgan fingerprint density at radius 3 is 2.53 bits per heavy atom. The van der Waals surface area contributed by atoms with Gasteiger partial charge in [0, 0.05) is 26.1 Å². The molecule has 0 aromatic rings. The zero-order valence-corrected chi connectivity index (χ0v) is 11.4. The fraction of sp³-hybridized carbons (Fsp3) is 0.818. The number of ether oxygens (including phenoxy) is 1. The van der Waals surface area contributed by atoms with Crippen molar-refractivity contribution >= 4 is 12.0 Å². The number of urea groups is 1. The van der Waals surface area contributed by atoms with Crippen LogP contribution in [0.4, 0.5) is 4.79 Å². The van der Waals surface area contributed by atoms with Gasteiger partial charge in [0.05, 0.1) is 13.2 Å². The van der Waals surface area contributed by atoms with Gasteiger partial charge in [-0.15, -0.1) is 0 Å². The summed E-state index contributed by atoms with van der Waals surface area (Å²) in [5, 5.41) is 22.2. The molecule has 0 spiro atoms.